The van der Waals surface area contributed by atoms with Gasteiger partial charge in [-0.1, -0.05) is 17.7 Å². The Labute approximate surface area is 180 Å². The molecule has 4 rings (SSSR count). The Kier molecular flexibility index (Phi) is 6.77. The fourth-order valence-electron chi connectivity index (χ4n) is 4.89. The van der Waals surface area contributed by atoms with Gasteiger partial charge in [-0.15, -0.1) is 0 Å². The standard InChI is InChI=1S/C22H34N4O3S/c1-19-6-8-21(9-7-19)30(28,29)25-15-13-24(14-16-25)18-22(27)26-12-4-5-20(26)17-23-10-2-3-11-23/h6-9,20H,2-5,10-18H2,1H3. The van der Waals surface area contributed by atoms with Gasteiger partial charge in [0, 0.05) is 45.3 Å². The minimum absolute atomic E-state index is 0.200. The minimum atomic E-state index is -3.46. The van der Waals surface area contributed by atoms with Crippen molar-refractivity contribution in [1.82, 2.24) is 19.0 Å². The van der Waals surface area contributed by atoms with Crippen LogP contribution in [0.4, 0.5) is 0 Å². The van der Waals surface area contributed by atoms with Gasteiger partial charge in [-0.25, -0.2) is 8.42 Å². The van der Waals surface area contributed by atoms with Gasteiger partial charge in [-0.2, -0.15) is 4.31 Å². The van der Waals surface area contributed by atoms with E-state index in [0.717, 1.165) is 44.6 Å². The Morgan fingerprint density at radius 3 is 2.23 bits per heavy atom. The lowest BCUT2D eigenvalue weighted by molar-refractivity contribution is -0.133. The van der Waals surface area contributed by atoms with E-state index < -0.39 is 10.0 Å². The highest BCUT2D eigenvalue weighted by molar-refractivity contribution is 7.89. The Morgan fingerprint density at radius 2 is 1.57 bits per heavy atom. The van der Waals surface area contributed by atoms with Crippen LogP contribution in [0, 0.1) is 6.92 Å². The molecule has 0 N–H and O–H groups in total. The fraction of sp³-hybridized carbons (Fsp3) is 0.682. The molecule has 0 saturated carbocycles. The number of aryl methyl sites for hydroxylation is 1. The van der Waals surface area contributed by atoms with Crippen molar-refractivity contribution in [3.05, 3.63) is 29.8 Å². The number of rotatable bonds is 6. The van der Waals surface area contributed by atoms with Crippen molar-refractivity contribution in [1.29, 1.82) is 0 Å². The summed E-state index contributed by atoms with van der Waals surface area (Å²) in [5, 5.41) is 0. The summed E-state index contributed by atoms with van der Waals surface area (Å²) in [4.78, 5) is 20.0. The van der Waals surface area contributed by atoms with Crippen LogP contribution in [0.15, 0.2) is 29.2 Å². The smallest absolute Gasteiger partial charge is 0.243 e. The Bertz CT molecular complexity index is 828. The van der Waals surface area contributed by atoms with E-state index in [1.807, 2.05) is 19.1 Å². The van der Waals surface area contributed by atoms with Crippen LogP contribution in [0.1, 0.15) is 31.2 Å². The maximum absolute atomic E-state index is 13.0. The van der Waals surface area contributed by atoms with Crippen LogP contribution in [0.2, 0.25) is 0 Å². The van der Waals surface area contributed by atoms with Crippen molar-refractivity contribution in [2.75, 3.05) is 58.9 Å². The van der Waals surface area contributed by atoms with Crippen LogP contribution in [0.5, 0.6) is 0 Å². The number of sulfonamides is 1. The Morgan fingerprint density at radius 1 is 0.900 bits per heavy atom. The van der Waals surface area contributed by atoms with E-state index in [1.165, 1.54) is 12.8 Å². The van der Waals surface area contributed by atoms with Gasteiger partial charge < -0.3 is 9.80 Å². The highest BCUT2D eigenvalue weighted by Crippen LogP contribution is 2.22. The number of amides is 1. The molecule has 3 heterocycles. The topological polar surface area (TPSA) is 64.2 Å². The summed E-state index contributed by atoms with van der Waals surface area (Å²) in [6.45, 7) is 8.60. The third-order valence-corrected chi connectivity index (χ3v) is 8.63. The molecule has 0 spiro atoms. The van der Waals surface area contributed by atoms with Crippen LogP contribution in [-0.2, 0) is 14.8 Å². The molecule has 1 aromatic rings. The zero-order chi connectivity index (χ0) is 21.1. The van der Waals surface area contributed by atoms with Crippen LogP contribution in [-0.4, -0.2) is 98.3 Å². The van der Waals surface area contributed by atoms with Crippen molar-refractivity contribution >= 4 is 15.9 Å². The second-order valence-electron chi connectivity index (χ2n) is 8.88. The second-order valence-corrected chi connectivity index (χ2v) is 10.8. The van der Waals surface area contributed by atoms with Crippen LogP contribution in [0.25, 0.3) is 0 Å². The van der Waals surface area contributed by atoms with E-state index in [2.05, 4.69) is 14.7 Å². The summed E-state index contributed by atoms with van der Waals surface area (Å²) in [6, 6.07) is 7.36. The van der Waals surface area contributed by atoms with Gasteiger partial charge in [-0.3, -0.25) is 9.69 Å². The molecule has 1 atom stereocenters. The molecular formula is C22H34N4O3S. The Hall–Kier alpha value is -1.48. The lowest BCUT2D eigenvalue weighted by Crippen LogP contribution is -2.52. The highest BCUT2D eigenvalue weighted by Gasteiger charge is 2.33. The molecule has 166 valence electrons. The predicted molar refractivity (Wildman–Crippen MR) is 117 cm³/mol. The lowest BCUT2D eigenvalue weighted by atomic mass is 10.2. The van der Waals surface area contributed by atoms with E-state index in [0.29, 0.717) is 43.7 Å². The second kappa shape index (κ2) is 9.34. The summed E-state index contributed by atoms with van der Waals surface area (Å²) >= 11 is 0. The molecule has 3 fully saturated rings. The molecule has 30 heavy (non-hydrogen) atoms. The van der Waals surface area contributed by atoms with E-state index in [9.17, 15) is 13.2 Å². The van der Waals surface area contributed by atoms with Gasteiger partial charge in [0.2, 0.25) is 15.9 Å². The summed E-state index contributed by atoms with van der Waals surface area (Å²) in [5.41, 5.74) is 1.04. The van der Waals surface area contributed by atoms with Crippen molar-refractivity contribution in [3.63, 3.8) is 0 Å². The summed E-state index contributed by atoms with van der Waals surface area (Å²) < 4.78 is 27.3. The molecule has 3 aliphatic heterocycles. The van der Waals surface area contributed by atoms with E-state index >= 15 is 0 Å². The van der Waals surface area contributed by atoms with Gasteiger partial charge in [0.25, 0.3) is 0 Å². The maximum Gasteiger partial charge on any atom is 0.243 e. The van der Waals surface area contributed by atoms with Crippen molar-refractivity contribution < 1.29 is 13.2 Å². The number of nitrogens with zero attached hydrogens (tertiary/aromatic N) is 4. The molecule has 8 heteroatoms. The van der Waals surface area contributed by atoms with Crippen LogP contribution >= 0.6 is 0 Å². The molecule has 3 aliphatic rings. The molecule has 0 bridgehead atoms. The average molecular weight is 435 g/mol. The van der Waals surface area contributed by atoms with Gasteiger partial charge in [0.1, 0.15) is 0 Å². The third-order valence-electron chi connectivity index (χ3n) is 6.71. The summed E-state index contributed by atoms with van der Waals surface area (Å²) in [7, 11) is -3.46. The maximum atomic E-state index is 13.0. The molecule has 0 radical (unpaired) electrons. The average Bonchev–Trinajstić information content (AvgIpc) is 3.41. The van der Waals surface area contributed by atoms with Crippen molar-refractivity contribution in [3.8, 4) is 0 Å². The summed E-state index contributed by atoms with van der Waals surface area (Å²) in [6.07, 6.45) is 4.74. The molecule has 1 amide bonds. The molecule has 0 aromatic heterocycles. The number of hydrogen-bond donors (Lipinski definition) is 0. The predicted octanol–water partition coefficient (Wildman–Crippen LogP) is 1.39. The van der Waals surface area contributed by atoms with Gasteiger partial charge in [-0.05, 0) is 57.8 Å². The van der Waals surface area contributed by atoms with E-state index in [4.69, 9.17) is 0 Å². The van der Waals surface area contributed by atoms with Gasteiger partial charge in [0.05, 0.1) is 11.4 Å². The number of carbonyl (C=O) groups excluding carboxylic acids is 1. The highest BCUT2D eigenvalue weighted by atomic mass is 32.2. The first-order valence-electron chi connectivity index (χ1n) is 11.2. The number of likely N-dealkylation sites (tertiary alicyclic amines) is 2. The lowest BCUT2D eigenvalue weighted by Gasteiger charge is -2.35. The van der Waals surface area contributed by atoms with E-state index in [1.54, 1.807) is 16.4 Å². The molecule has 1 aromatic carbocycles. The SMILES string of the molecule is Cc1ccc(S(=O)(=O)N2CCN(CC(=O)N3CCCC3CN3CCCC3)CC2)cc1. The zero-order valence-electron chi connectivity index (χ0n) is 18.0. The normalized spacial score (nSPS) is 24.6. The fourth-order valence-corrected chi connectivity index (χ4v) is 6.31. The third kappa shape index (κ3) is 4.88. The quantitative estimate of drug-likeness (QED) is 0.677. The minimum Gasteiger partial charge on any atom is -0.337 e. The molecule has 7 nitrogen and oxygen atoms in total. The first-order valence-corrected chi connectivity index (χ1v) is 12.7. The monoisotopic (exact) mass is 434 g/mol. The number of benzene rings is 1. The molecule has 0 aliphatic carbocycles. The first-order chi connectivity index (χ1) is 14.4. The largest absolute Gasteiger partial charge is 0.337 e. The molecule has 3 saturated heterocycles. The number of hydrogen-bond acceptors (Lipinski definition) is 5. The van der Waals surface area contributed by atoms with Crippen LogP contribution in [0.3, 0.4) is 0 Å². The van der Waals surface area contributed by atoms with E-state index in [-0.39, 0.29) is 5.91 Å². The van der Waals surface area contributed by atoms with Crippen LogP contribution < -0.4 is 0 Å². The number of piperazine rings is 1. The number of carbonyl (C=O) groups is 1. The zero-order valence-corrected chi connectivity index (χ0v) is 18.8. The van der Waals surface area contributed by atoms with Gasteiger partial charge in [0.15, 0.2) is 0 Å². The Balaban J connectivity index is 1.29. The summed E-state index contributed by atoms with van der Waals surface area (Å²) in [5.74, 6) is 0.200. The van der Waals surface area contributed by atoms with Crippen molar-refractivity contribution in [2.24, 2.45) is 0 Å². The first kappa shape index (κ1) is 21.7. The molecule has 1 unspecified atom stereocenters. The molecular weight excluding hydrogens is 400 g/mol. The van der Waals surface area contributed by atoms with Gasteiger partial charge >= 0.3 is 0 Å². The van der Waals surface area contributed by atoms with Crippen molar-refractivity contribution in [2.45, 2.75) is 43.5 Å².